The first-order valence-corrected chi connectivity index (χ1v) is 10.2. The highest BCUT2D eigenvalue weighted by atomic mass is 16.5. The second kappa shape index (κ2) is 9.75. The Bertz CT molecular complexity index is 1040. The van der Waals surface area contributed by atoms with Crippen molar-refractivity contribution in [1.29, 1.82) is 0 Å². The van der Waals surface area contributed by atoms with Gasteiger partial charge in [-0.2, -0.15) is 0 Å². The molecule has 2 amide bonds. The van der Waals surface area contributed by atoms with Crippen LogP contribution in [0.25, 0.3) is 11.1 Å². The van der Waals surface area contributed by atoms with E-state index in [0.29, 0.717) is 31.1 Å². The number of hydrogen-bond acceptors (Lipinski definition) is 5. The Labute approximate surface area is 181 Å². The lowest BCUT2D eigenvalue weighted by Gasteiger charge is -2.27. The van der Waals surface area contributed by atoms with Gasteiger partial charge in [-0.3, -0.25) is 9.59 Å². The van der Waals surface area contributed by atoms with Crippen molar-refractivity contribution in [2.24, 2.45) is 0 Å². The van der Waals surface area contributed by atoms with Crippen LogP contribution in [0.3, 0.4) is 0 Å². The van der Waals surface area contributed by atoms with Gasteiger partial charge >= 0.3 is 0 Å². The average Bonchev–Trinajstić information content (AvgIpc) is 2.80. The number of pyridine rings is 1. The number of para-hydroxylation sites is 1. The van der Waals surface area contributed by atoms with Crippen LogP contribution in [0.4, 0.5) is 11.5 Å². The van der Waals surface area contributed by atoms with Crippen LogP contribution in [-0.2, 0) is 9.59 Å². The first kappa shape index (κ1) is 20.4. The van der Waals surface area contributed by atoms with Gasteiger partial charge in [0.05, 0.1) is 31.5 Å². The highest BCUT2D eigenvalue weighted by molar-refractivity contribution is 5.90. The van der Waals surface area contributed by atoms with E-state index < -0.39 is 0 Å². The molecule has 31 heavy (non-hydrogen) atoms. The van der Waals surface area contributed by atoms with Gasteiger partial charge in [0, 0.05) is 18.7 Å². The summed E-state index contributed by atoms with van der Waals surface area (Å²) in [5.74, 6) is 1.30. The van der Waals surface area contributed by atoms with E-state index >= 15 is 0 Å². The van der Waals surface area contributed by atoms with E-state index in [1.807, 2.05) is 59.5 Å². The summed E-state index contributed by atoms with van der Waals surface area (Å²) in [6, 6.07) is 21.4. The first-order valence-electron chi connectivity index (χ1n) is 10.2. The van der Waals surface area contributed by atoms with Crippen LogP contribution in [0.5, 0.6) is 5.75 Å². The molecule has 0 atom stereocenters. The minimum Gasteiger partial charge on any atom is -0.492 e. The molecule has 0 aliphatic carbocycles. The molecule has 0 radical (unpaired) electrons. The second-order valence-corrected chi connectivity index (χ2v) is 7.19. The van der Waals surface area contributed by atoms with Crippen molar-refractivity contribution < 1.29 is 14.3 Å². The van der Waals surface area contributed by atoms with Gasteiger partial charge < -0.3 is 20.3 Å². The number of rotatable bonds is 7. The summed E-state index contributed by atoms with van der Waals surface area (Å²) in [4.78, 5) is 30.1. The van der Waals surface area contributed by atoms with Crippen LogP contribution >= 0.6 is 0 Å². The zero-order chi connectivity index (χ0) is 21.5. The van der Waals surface area contributed by atoms with Crippen molar-refractivity contribution in [3.8, 4) is 16.9 Å². The number of piperazine rings is 1. The zero-order valence-corrected chi connectivity index (χ0v) is 17.1. The number of carbonyl (C=O) groups is 2. The molecule has 4 rings (SSSR count). The number of benzene rings is 2. The Morgan fingerprint density at radius 3 is 2.65 bits per heavy atom. The minimum atomic E-state index is -0.149. The molecule has 1 saturated heterocycles. The molecule has 1 aliphatic heterocycles. The lowest BCUT2D eigenvalue weighted by molar-refractivity contribution is -0.120. The molecule has 7 heteroatoms. The zero-order valence-electron chi connectivity index (χ0n) is 17.1. The Morgan fingerprint density at radius 2 is 1.87 bits per heavy atom. The number of anilines is 2. The monoisotopic (exact) mass is 416 g/mol. The summed E-state index contributed by atoms with van der Waals surface area (Å²) < 4.78 is 5.89. The highest BCUT2D eigenvalue weighted by Gasteiger charge is 2.17. The van der Waals surface area contributed by atoms with Gasteiger partial charge in [-0.25, -0.2) is 4.98 Å². The number of carbonyl (C=O) groups excluding carboxylic acids is 2. The molecule has 3 aromatic rings. The quantitative estimate of drug-likeness (QED) is 0.618. The lowest BCUT2D eigenvalue weighted by Crippen LogP contribution is -2.48. The molecule has 2 N–H and O–H groups in total. The molecular formula is C24H24N4O3. The maximum Gasteiger partial charge on any atom is 0.239 e. The molecular weight excluding hydrogens is 392 g/mol. The normalized spacial score (nSPS) is 13.4. The standard InChI is InChI=1S/C24H24N4O3/c29-23(27-19-10-11-22(26-16-19)28-14-13-25-24(30)17-28)12-15-31-21-9-5-4-8-20(21)18-6-2-1-3-7-18/h1-11,16H,12-15,17H2,(H,25,30)(H,27,29). The molecule has 2 aromatic carbocycles. The molecule has 0 spiro atoms. The van der Waals surface area contributed by atoms with Crippen molar-refractivity contribution in [2.45, 2.75) is 6.42 Å². The molecule has 1 fully saturated rings. The number of hydrogen-bond donors (Lipinski definition) is 2. The molecule has 0 saturated carbocycles. The van der Waals surface area contributed by atoms with Crippen LogP contribution in [0, 0.1) is 0 Å². The number of aromatic nitrogens is 1. The van der Waals surface area contributed by atoms with Gasteiger partial charge in [0.2, 0.25) is 11.8 Å². The Hall–Kier alpha value is -3.87. The SMILES string of the molecule is O=C1CN(c2ccc(NC(=O)CCOc3ccccc3-c3ccccc3)cn2)CCN1. The fraction of sp³-hybridized carbons (Fsp3) is 0.208. The Balaban J connectivity index is 1.29. The number of ether oxygens (including phenoxy) is 1. The van der Waals surface area contributed by atoms with Crippen LogP contribution in [0.1, 0.15) is 6.42 Å². The van der Waals surface area contributed by atoms with Gasteiger partial charge in [0.15, 0.2) is 0 Å². The summed E-state index contributed by atoms with van der Waals surface area (Å²) in [5, 5.41) is 5.62. The van der Waals surface area contributed by atoms with Gasteiger partial charge in [0.25, 0.3) is 0 Å². The van der Waals surface area contributed by atoms with Gasteiger partial charge in [0.1, 0.15) is 11.6 Å². The number of nitrogens with one attached hydrogen (secondary N) is 2. The van der Waals surface area contributed by atoms with E-state index in [1.165, 1.54) is 0 Å². The average molecular weight is 416 g/mol. The molecule has 158 valence electrons. The summed E-state index contributed by atoms with van der Waals surface area (Å²) in [6.45, 7) is 1.88. The van der Waals surface area contributed by atoms with Crippen molar-refractivity contribution in [3.63, 3.8) is 0 Å². The van der Waals surface area contributed by atoms with E-state index in [2.05, 4.69) is 15.6 Å². The summed E-state index contributed by atoms with van der Waals surface area (Å²) in [6.07, 6.45) is 1.82. The van der Waals surface area contributed by atoms with Crippen LogP contribution < -0.4 is 20.3 Å². The maximum absolute atomic E-state index is 12.3. The minimum absolute atomic E-state index is 0.0146. The maximum atomic E-state index is 12.3. The molecule has 0 bridgehead atoms. The fourth-order valence-corrected chi connectivity index (χ4v) is 3.41. The number of amides is 2. The third-order valence-electron chi connectivity index (χ3n) is 4.95. The Morgan fingerprint density at radius 1 is 1.06 bits per heavy atom. The molecule has 0 unspecified atom stereocenters. The highest BCUT2D eigenvalue weighted by Crippen LogP contribution is 2.29. The van der Waals surface area contributed by atoms with E-state index in [4.69, 9.17) is 4.74 Å². The topological polar surface area (TPSA) is 83.6 Å². The van der Waals surface area contributed by atoms with Crippen LogP contribution in [-0.4, -0.2) is 43.0 Å². The lowest BCUT2D eigenvalue weighted by atomic mass is 10.1. The molecule has 1 aliphatic rings. The Kier molecular flexibility index (Phi) is 6.42. The van der Waals surface area contributed by atoms with E-state index in [-0.39, 0.29) is 24.8 Å². The van der Waals surface area contributed by atoms with E-state index in [1.54, 1.807) is 18.3 Å². The predicted octanol–water partition coefficient (Wildman–Crippen LogP) is 3.09. The third-order valence-corrected chi connectivity index (χ3v) is 4.95. The molecule has 1 aromatic heterocycles. The van der Waals surface area contributed by atoms with Crippen molar-refractivity contribution in [3.05, 3.63) is 72.9 Å². The third kappa shape index (κ3) is 5.39. The number of nitrogens with zero attached hydrogens (tertiary/aromatic N) is 2. The molecule has 2 heterocycles. The van der Waals surface area contributed by atoms with E-state index in [9.17, 15) is 9.59 Å². The van der Waals surface area contributed by atoms with Crippen molar-refractivity contribution in [1.82, 2.24) is 10.3 Å². The summed E-state index contributed by atoms with van der Waals surface area (Å²) in [7, 11) is 0. The first-order chi connectivity index (χ1) is 15.2. The van der Waals surface area contributed by atoms with Gasteiger partial charge in [-0.05, 0) is 23.8 Å². The van der Waals surface area contributed by atoms with Crippen molar-refractivity contribution in [2.75, 3.05) is 36.5 Å². The van der Waals surface area contributed by atoms with Gasteiger partial charge in [-0.15, -0.1) is 0 Å². The second-order valence-electron chi connectivity index (χ2n) is 7.19. The van der Waals surface area contributed by atoms with E-state index in [0.717, 1.165) is 16.9 Å². The smallest absolute Gasteiger partial charge is 0.239 e. The van der Waals surface area contributed by atoms with Crippen LogP contribution in [0.15, 0.2) is 72.9 Å². The summed E-state index contributed by atoms with van der Waals surface area (Å²) >= 11 is 0. The van der Waals surface area contributed by atoms with Crippen LogP contribution in [0.2, 0.25) is 0 Å². The fourth-order valence-electron chi connectivity index (χ4n) is 3.41. The predicted molar refractivity (Wildman–Crippen MR) is 120 cm³/mol. The van der Waals surface area contributed by atoms with Crippen molar-refractivity contribution >= 4 is 23.3 Å². The summed E-state index contributed by atoms with van der Waals surface area (Å²) in [5.41, 5.74) is 2.68. The van der Waals surface area contributed by atoms with Gasteiger partial charge in [-0.1, -0.05) is 48.5 Å². The molecule has 7 nitrogen and oxygen atoms in total. The largest absolute Gasteiger partial charge is 0.492 e.